The molecule has 0 amide bonds. The zero-order valence-electron chi connectivity index (χ0n) is 14.9. The third kappa shape index (κ3) is 2.49. The van der Waals surface area contributed by atoms with Crippen LogP contribution in [-0.4, -0.2) is 0 Å². The number of hydrogen-bond donors (Lipinski definition) is 0. The standard InChI is InChI=1S/C25H21Br/c1-16-14-24-23(15-19-7-3-5-9-22(19)25(24)26)20(16)13-12-18-11-10-17-6-2-4-8-21(17)18/h2-11,14-15,18,25H,12-13H2,1H3. The van der Waals surface area contributed by atoms with Crippen LogP contribution < -0.4 is 0 Å². The number of halogens is 1. The summed E-state index contributed by atoms with van der Waals surface area (Å²) in [4.78, 5) is 0.304. The first kappa shape index (κ1) is 16.1. The maximum atomic E-state index is 3.94. The molecule has 5 rings (SSSR count). The zero-order valence-corrected chi connectivity index (χ0v) is 16.5. The first-order valence-electron chi connectivity index (χ1n) is 9.36. The Bertz CT molecular complexity index is 1020. The lowest BCUT2D eigenvalue weighted by Crippen LogP contribution is -2.06. The summed E-state index contributed by atoms with van der Waals surface area (Å²) in [6, 6.07) is 17.5. The second-order valence-electron chi connectivity index (χ2n) is 7.44. The summed E-state index contributed by atoms with van der Waals surface area (Å²) in [5.74, 6) is 0.548. The van der Waals surface area contributed by atoms with Gasteiger partial charge in [0.25, 0.3) is 0 Å². The average molecular weight is 401 g/mol. The van der Waals surface area contributed by atoms with Gasteiger partial charge in [0.15, 0.2) is 0 Å². The monoisotopic (exact) mass is 400 g/mol. The third-order valence-corrected chi connectivity index (χ3v) is 6.92. The van der Waals surface area contributed by atoms with Crippen LogP contribution in [0.15, 0.2) is 83.0 Å². The summed E-state index contributed by atoms with van der Waals surface area (Å²) in [7, 11) is 0. The molecule has 26 heavy (non-hydrogen) atoms. The molecule has 128 valence electrons. The molecular weight excluding hydrogens is 380 g/mol. The molecule has 1 heteroatoms. The lowest BCUT2D eigenvalue weighted by Gasteiger charge is -2.24. The second kappa shape index (κ2) is 6.25. The van der Waals surface area contributed by atoms with Crippen molar-refractivity contribution in [3.8, 4) is 0 Å². The number of benzene rings is 2. The van der Waals surface area contributed by atoms with Crippen molar-refractivity contribution in [2.24, 2.45) is 0 Å². The molecule has 0 aliphatic heterocycles. The van der Waals surface area contributed by atoms with Gasteiger partial charge in [0.05, 0.1) is 4.83 Å². The van der Waals surface area contributed by atoms with Gasteiger partial charge in [-0.15, -0.1) is 0 Å². The molecule has 0 saturated carbocycles. The number of alkyl halides is 1. The molecule has 0 aromatic heterocycles. The fourth-order valence-corrected chi connectivity index (χ4v) is 5.36. The Labute approximate surface area is 163 Å². The quantitative estimate of drug-likeness (QED) is 0.471. The molecule has 2 aromatic rings. The van der Waals surface area contributed by atoms with E-state index >= 15 is 0 Å². The van der Waals surface area contributed by atoms with E-state index in [4.69, 9.17) is 0 Å². The Morgan fingerprint density at radius 1 is 0.885 bits per heavy atom. The first-order chi connectivity index (χ1) is 12.7. The molecular formula is C25H21Br. The normalized spacial score (nSPS) is 22.7. The largest absolute Gasteiger partial charge is 0.0786 e. The molecule has 0 nitrogen and oxygen atoms in total. The van der Waals surface area contributed by atoms with Crippen molar-refractivity contribution in [3.63, 3.8) is 0 Å². The Balaban J connectivity index is 1.42. The zero-order chi connectivity index (χ0) is 17.7. The van der Waals surface area contributed by atoms with Gasteiger partial charge in [0.2, 0.25) is 0 Å². The van der Waals surface area contributed by atoms with E-state index in [9.17, 15) is 0 Å². The van der Waals surface area contributed by atoms with E-state index in [-0.39, 0.29) is 0 Å². The van der Waals surface area contributed by atoms with Gasteiger partial charge in [-0.2, -0.15) is 0 Å². The van der Waals surface area contributed by atoms with Crippen molar-refractivity contribution in [1.82, 2.24) is 0 Å². The molecule has 2 atom stereocenters. The minimum absolute atomic E-state index is 0.304. The molecule has 0 spiro atoms. The number of hydrogen-bond acceptors (Lipinski definition) is 0. The topological polar surface area (TPSA) is 0 Å². The van der Waals surface area contributed by atoms with Crippen LogP contribution in [0.5, 0.6) is 0 Å². The molecule has 0 fully saturated rings. The van der Waals surface area contributed by atoms with E-state index in [0.29, 0.717) is 10.7 Å². The van der Waals surface area contributed by atoms with Gasteiger partial charge in [-0.1, -0.05) is 82.7 Å². The van der Waals surface area contributed by atoms with Crippen LogP contribution in [0.1, 0.15) is 52.8 Å². The Hall–Kier alpha value is -2.12. The van der Waals surface area contributed by atoms with Crippen LogP contribution in [0.4, 0.5) is 0 Å². The first-order valence-corrected chi connectivity index (χ1v) is 10.3. The number of rotatable bonds is 3. The minimum atomic E-state index is 0.304. The fraction of sp³-hybridized carbons (Fsp3) is 0.200. The van der Waals surface area contributed by atoms with Crippen molar-refractivity contribution in [2.75, 3.05) is 0 Å². The highest BCUT2D eigenvalue weighted by molar-refractivity contribution is 9.09. The van der Waals surface area contributed by atoms with E-state index in [1.54, 1.807) is 0 Å². The summed E-state index contributed by atoms with van der Waals surface area (Å²) in [6.45, 7) is 2.27. The van der Waals surface area contributed by atoms with Crippen molar-refractivity contribution >= 4 is 28.1 Å². The van der Waals surface area contributed by atoms with Gasteiger partial charge in [0.1, 0.15) is 0 Å². The molecule has 0 saturated heterocycles. The highest BCUT2D eigenvalue weighted by Crippen LogP contribution is 2.50. The lowest BCUT2D eigenvalue weighted by atomic mass is 9.84. The predicted molar refractivity (Wildman–Crippen MR) is 114 cm³/mol. The summed E-state index contributed by atoms with van der Waals surface area (Å²) in [5.41, 5.74) is 11.4. The van der Waals surface area contributed by atoms with Crippen molar-refractivity contribution < 1.29 is 0 Å². The summed E-state index contributed by atoms with van der Waals surface area (Å²) in [6.07, 6.45) is 11.7. The smallest absolute Gasteiger partial charge is 0.0656 e. The third-order valence-electron chi connectivity index (χ3n) is 5.94. The van der Waals surface area contributed by atoms with Crippen LogP contribution in [0, 0.1) is 0 Å². The maximum Gasteiger partial charge on any atom is 0.0656 e. The van der Waals surface area contributed by atoms with Crippen LogP contribution in [0.25, 0.3) is 12.2 Å². The van der Waals surface area contributed by atoms with Gasteiger partial charge in [-0.3, -0.25) is 0 Å². The molecule has 3 aliphatic carbocycles. The molecule has 2 unspecified atom stereocenters. The van der Waals surface area contributed by atoms with E-state index in [1.807, 2.05) is 0 Å². The maximum absolute atomic E-state index is 3.94. The van der Waals surface area contributed by atoms with Gasteiger partial charge in [-0.25, -0.2) is 0 Å². The van der Waals surface area contributed by atoms with Gasteiger partial charge in [-0.05, 0) is 70.4 Å². The lowest BCUT2D eigenvalue weighted by molar-refractivity contribution is 0.742. The molecule has 0 bridgehead atoms. The highest BCUT2D eigenvalue weighted by Gasteiger charge is 2.30. The van der Waals surface area contributed by atoms with Crippen LogP contribution >= 0.6 is 15.9 Å². The van der Waals surface area contributed by atoms with Gasteiger partial charge < -0.3 is 0 Å². The fourth-order valence-electron chi connectivity index (χ4n) is 4.57. The second-order valence-corrected chi connectivity index (χ2v) is 8.36. The Morgan fingerprint density at radius 2 is 1.62 bits per heavy atom. The van der Waals surface area contributed by atoms with Crippen molar-refractivity contribution in [3.05, 3.63) is 105 Å². The van der Waals surface area contributed by atoms with Crippen LogP contribution in [0.3, 0.4) is 0 Å². The molecule has 2 aromatic carbocycles. The van der Waals surface area contributed by atoms with Crippen molar-refractivity contribution in [1.29, 1.82) is 0 Å². The van der Waals surface area contributed by atoms with Crippen LogP contribution in [-0.2, 0) is 0 Å². The predicted octanol–water partition coefficient (Wildman–Crippen LogP) is 7.37. The van der Waals surface area contributed by atoms with E-state index in [0.717, 1.165) is 6.42 Å². The average Bonchev–Trinajstić information content (AvgIpc) is 3.21. The molecule has 0 N–H and O–H groups in total. The number of allylic oxidation sites excluding steroid dienone is 6. The highest BCUT2D eigenvalue weighted by atomic mass is 79.9. The van der Waals surface area contributed by atoms with Crippen molar-refractivity contribution in [2.45, 2.75) is 30.5 Å². The van der Waals surface area contributed by atoms with E-state index in [2.05, 4.69) is 95.7 Å². The Morgan fingerprint density at radius 3 is 2.46 bits per heavy atom. The molecule has 0 heterocycles. The van der Waals surface area contributed by atoms with Gasteiger partial charge in [0, 0.05) is 5.92 Å². The number of fused-ring (bicyclic) bond motifs is 3. The summed E-state index contributed by atoms with van der Waals surface area (Å²) < 4.78 is 0. The summed E-state index contributed by atoms with van der Waals surface area (Å²) in [5, 5.41) is 0. The SMILES string of the molecule is CC1=C(CCC2C=Cc3ccccc32)C2=Cc3ccccc3C(Br)C2=C1. The van der Waals surface area contributed by atoms with Gasteiger partial charge >= 0.3 is 0 Å². The summed E-state index contributed by atoms with van der Waals surface area (Å²) >= 11 is 3.94. The molecule has 0 radical (unpaired) electrons. The minimum Gasteiger partial charge on any atom is -0.0786 e. The van der Waals surface area contributed by atoms with E-state index < -0.39 is 0 Å². The Kier molecular flexibility index (Phi) is 3.86. The van der Waals surface area contributed by atoms with Crippen LogP contribution in [0.2, 0.25) is 0 Å². The molecule has 3 aliphatic rings. The van der Waals surface area contributed by atoms with E-state index in [1.165, 1.54) is 51.0 Å².